The second-order valence-electron chi connectivity index (χ2n) is 6.65. The summed E-state index contributed by atoms with van der Waals surface area (Å²) in [5.41, 5.74) is 4.17. The maximum atomic E-state index is 12.4. The molecule has 0 bridgehead atoms. The number of carbonyl (C=O) groups excluding carboxylic acids is 1. The molecule has 0 N–H and O–H groups in total. The lowest BCUT2D eigenvalue weighted by Crippen LogP contribution is -2.34. The van der Waals surface area contributed by atoms with Gasteiger partial charge < -0.3 is 14.2 Å². The van der Waals surface area contributed by atoms with E-state index in [4.69, 9.17) is 14.2 Å². The minimum Gasteiger partial charge on any atom is -0.476 e. The first-order valence-electron chi connectivity index (χ1n) is 9.79. The van der Waals surface area contributed by atoms with Crippen molar-refractivity contribution in [2.24, 2.45) is 0 Å². The molecule has 3 aromatic rings. The summed E-state index contributed by atoms with van der Waals surface area (Å²) in [6, 6.07) is 25.8. The Morgan fingerprint density at radius 1 is 0.897 bits per heavy atom. The Morgan fingerprint density at radius 3 is 2.28 bits per heavy atom. The minimum atomic E-state index is -0.830. The fraction of sp³-hybridized carbons (Fsp3) is 0.240. The molecule has 0 heterocycles. The summed E-state index contributed by atoms with van der Waals surface area (Å²) in [7, 11) is 0. The first-order valence-corrected chi connectivity index (χ1v) is 9.79. The zero-order valence-corrected chi connectivity index (χ0v) is 16.8. The molecule has 0 spiro atoms. The van der Waals surface area contributed by atoms with Gasteiger partial charge in [-0.15, -0.1) is 0 Å². The van der Waals surface area contributed by atoms with Crippen LogP contribution in [0.2, 0.25) is 0 Å². The molecular formula is C25H26O4. The van der Waals surface area contributed by atoms with Crippen LogP contribution in [-0.4, -0.2) is 25.3 Å². The molecule has 3 rings (SSSR count). The molecule has 3 aromatic carbocycles. The van der Waals surface area contributed by atoms with Gasteiger partial charge in [-0.3, -0.25) is 0 Å². The third kappa shape index (κ3) is 5.69. The monoisotopic (exact) mass is 390 g/mol. The summed E-state index contributed by atoms with van der Waals surface area (Å²) in [5, 5.41) is 0. The molecule has 0 saturated carbocycles. The van der Waals surface area contributed by atoms with Crippen LogP contribution in [0.4, 0.5) is 0 Å². The molecule has 4 heteroatoms. The minimum absolute atomic E-state index is 0.114. The van der Waals surface area contributed by atoms with Crippen molar-refractivity contribution in [2.75, 3.05) is 13.2 Å². The van der Waals surface area contributed by atoms with E-state index in [-0.39, 0.29) is 6.61 Å². The van der Waals surface area contributed by atoms with Gasteiger partial charge in [0.05, 0.1) is 19.8 Å². The Hall–Kier alpha value is -3.11. The van der Waals surface area contributed by atoms with Crippen molar-refractivity contribution < 1.29 is 19.0 Å². The highest BCUT2D eigenvalue weighted by Crippen LogP contribution is 2.30. The fourth-order valence-corrected chi connectivity index (χ4v) is 3.07. The van der Waals surface area contributed by atoms with Gasteiger partial charge in [-0.25, -0.2) is 4.79 Å². The summed E-state index contributed by atoms with van der Waals surface area (Å²) in [5.74, 6) is 0.220. The molecule has 0 amide bonds. The quantitative estimate of drug-likeness (QED) is 0.472. The van der Waals surface area contributed by atoms with Gasteiger partial charge in [-0.1, -0.05) is 72.8 Å². The zero-order chi connectivity index (χ0) is 20.5. The average Bonchev–Trinajstić information content (AvgIpc) is 2.76. The Bertz CT molecular complexity index is 907. The predicted molar refractivity (Wildman–Crippen MR) is 114 cm³/mol. The van der Waals surface area contributed by atoms with E-state index in [1.807, 2.05) is 73.7 Å². The standard InChI is InChI=1S/C25H26O4/c1-3-28-25(26)24(18-27-17-20-11-6-4-7-12-20)29-23-16-10-15-22(19(23)2)21-13-8-5-9-14-21/h4-16,24H,3,17-18H2,1-2H3. The number of esters is 1. The van der Waals surface area contributed by atoms with Gasteiger partial charge in [0.25, 0.3) is 0 Å². The maximum Gasteiger partial charge on any atom is 0.349 e. The molecule has 29 heavy (non-hydrogen) atoms. The van der Waals surface area contributed by atoms with Crippen molar-refractivity contribution >= 4 is 5.97 Å². The largest absolute Gasteiger partial charge is 0.476 e. The number of hydrogen-bond acceptors (Lipinski definition) is 4. The van der Waals surface area contributed by atoms with E-state index in [0.29, 0.717) is 19.0 Å². The number of benzene rings is 3. The van der Waals surface area contributed by atoms with Crippen LogP contribution in [0.5, 0.6) is 5.75 Å². The van der Waals surface area contributed by atoms with E-state index in [0.717, 1.165) is 22.3 Å². The summed E-state index contributed by atoms with van der Waals surface area (Å²) in [6.07, 6.45) is -0.830. The van der Waals surface area contributed by atoms with Gasteiger partial charge in [-0.2, -0.15) is 0 Å². The molecule has 0 aliphatic rings. The van der Waals surface area contributed by atoms with Crippen LogP contribution in [0.25, 0.3) is 11.1 Å². The average molecular weight is 390 g/mol. The Labute approximate surface area is 172 Å². The Balaban J connectivity index is 1.74. The SMILES string of the molecule is CCOC(=O)C(COCc1ccccc1)Oc1cccc(-c2ccccc2)c1C. The van der Waals surface area contributed by atoms with Crippen LogP contribution in [0, 0.1) is 6.92 Å². The Morgan fingerprint density at radius 2 is 1.59 bits per heavy atom. The van der Waals surface area contributed by atoms with E-state index in [1.165, 1.54) is 0 Å². The molecule has 0 aromatic heterocycles. The first kappa shape index (κ1) is 20.6. The van der Waals surface area contributed by atoms with Crippen molar-refractivity contribution in [2.45, 2.75) is 26.6 Å². The van der Waals surface area contributed by atoms with Gasteiger partial charge in [0, 0.05) is 0 Å². The first-order chi connectivity index (χ1) is 14.2. The van der Waals surface area contributed by atoms with Crippen molar-refractivity contribution in [1.29, 1.82) is 0 Å². The molecule has 1 unspecified atom stereocenters. The lowest BCUT2D eigenvalue weighted by atomic mass is 10.00. The summed E-state index contributed by atoms with van der Waals surface area (Å²) < 4.78 is 17.0. The smallest absolute Gasteiger partial charge is 0.349 e. The summed E-state index contributed by atoms with van der Waals surface area (Å²) in [6.45, 7) is 4.58. The normalized spacial score (nSPS) is 11.7. The molecule has 0 aliphatic carbocycles. The molecule has 0 aliphatic heterocycles. The van der Waals surface area contributed by atoms with Crippen molar-refractivity contribution in [1.82, 2.24) is 0 Å². The summed E-state index contributed by atoms with van der Waals surface area (Å²) >= 11 is 0. The van der Waals surface area contributed by atoms with Gasteiger partial charge in [0.15, 0.2) is 0 Å². The van der Waals surface area contributed by atoms with Gasteiger partial charge >= 0.3 is 5.97 Å². The Kier molecular flexibility index (Phi) is 7.42. The molecular weight excluding hydrogens is 364 g/mol. The van der Waals surface area contributed by atoms with Gasteiger partial charge in [0.1, 0.15) is 5.75 Å². The van der Waals surface area contributed by atoms with Gasteiger partial charge in [0.2, 0.25) is 6.10 Å². The highest BCUT2D eigenvalue weighted by Gasteiger charge is 2.23. The van der Waals surface area contributed by atoms with Gasteiger partial charge in [-0.05, 0) is 42.2 Å². The van der Waals surface area contributed by atoms with E-state index in [1.54, 1.807) is 6.92 Å². The van der Waals surface area contributed by atoms with Crippen LogP contribution in [-0.2, 0) is 20.9 Å². The third-order valence-electron chi connectivity index (χ3n) is 4.57. The summed E-state index contributed by atoms with van der Waals surface area (Å²) in [4.78, 5) is 12.4. The number of rotatable bonds is 9. The molecule has 150 valence electrons. The highest BCUT2D eigenvalue weighted by molar-refractivity contribution is 5.76. The molecule has 0 radical (unpaired) electrons. The van der Waals surface area contributed by atoms with E-state index in [2.05, 4.69) is 12.1 Å². The maximum absolute atomic E-state index is 12.4. The van der Waals surface area contributed by atoms with E-state index >= 15 is 0 Å². The third-order valence-corrected chi connectivity index (χ3v) is 4.57. The van der Waals surface area contributed by atoms with Crippen molar-refractivity contribution in [3.8, 4) is 16.9 Å². The lowest BCUT2D eigenvalue weighted by Gasteiger charge is -2.20. The van der Waals surface area contributed by atoms with E-state index in [9.17, 15) is 4.79 Å². The zero-order valence-electron chi connectivity index (χ0n) is 16.8. The fourth-order valence-electron chi connectivity index (χ4n) is 3.07. The molecule has 1 atom stereocenters. The highest BCUT2D eigenvalue weighted by atomic mass is 16.6. The number of ether oxygens (including phenoxy) is 3. The molecule has 0 saturated heterocycles. The second-order valence-corrected chi connectivity index (χ2v) is 6.65. The number of hydrogen-bond donors (Lipinski definition) is 0. The van der Waals surface area contributed by atoms with E-state index < -0.39 is 12.1 Å². The van der Waals surface area contributed by atoms with Crippen LogP contribution in [0.1, 0.15) is 18.1 Å². The topological polar surface area (TPSA) is 44.8 Å². The second kappa shape index (κ2) is 10.4. The lowest BCUT2D eigenvalue weighted by molar-refractivity contribution is -0.154. The van der Waals surface area contributed by atoms with Crippen molar-refractivity contribution in [3.05, 3.63) is 90.0 Å². The van der Waals surface area contributed by atoms with Crippen LogP contribution >= 0.6 is 0 Å². The molecule has 4 nitrogen and oxygen atoms in total. The van der Waals surface area contributed by atoms with Crippen LogP contribution in [0.3, 0.4) is 0 Å². The van der Waals surface area contributed by atoms with Crippen LogP contribution < -0.4 is 4.74 Å². The number of carbonyl (C=O) groups is 1. The predicted octanol–water partition coefficient (Wildman–Crippen LogP) is 5.19. The van der Waals surface area contributed by atoms with Crippen molar-refractivity contribution in [3.63, 3.8) is 0 Å². The van der Waals surface area contributed by atoms with Crippen LogP contribution in [0.15, 0.2) is 78.9 Å². The molecule has 0 fully saturated rings.